The summed E-state index contributed by atoms with van der Waals surface area (Å²) in [6.45, 7) is 1.90. The van der Waals surface area contributed by atoms with Gasteiger partial charge in [-0.1, -0.05) is 11.6 Å². The zero-order chi connectivity index (χ0) is 22.9. The van der Waals surface area contributed by atoms with Crippen LogP contribution in [0.4, 0.5) is 33.5 Å². The maximum absolute atomic E-state index is 15.1. The highest BCUT2D eigenvalue weighted by atomic mass is 35.5. The van der Waals surface area contributed by atoms with Gasteiger partial charge in [0.2, 0.25) is 0 Å². The zero-order valence-electron chi connectivity index (χ0n) is 16.7. The summed E-state index contributed by atoms with van der Waals surface area (Å²) in [6, 6.07) is 0.0787. The molecule has 0 saturated heterocycles. The molecule has 168 valence electrons. The second kappa shape index (κ2) is 8.79. The molecule has 2 aromatic heterocycles. The summed E-state index contributed by atoms with van der Waals surface area (Å²) >= 11 is 6.15. The smallest absolute Gasteiger partial charge is 0.373 e. The highest BCUT2D eigenvalue weighted by Gasteiger charge is 2.37. The Labute approximate surface area is 179 Å². The van der Waals surface area contributed by atoms with Gasteiger partial charge < -0.3 is 15.5 Å². The molecule has 0 bridgehead atoms. The third-order valence-corrected chi connectivity index (χ3v) is 4.92. The topological polar surface area (TPSA) is 70.4 Å². The van der Waals surface area contributed by atoms with Crippen molar-refractivity contribution in [2.24, 2.45) is 0 Å². The van der Waals surface area contributed by atoms with Crippen LogP contribution >= 0.6 is 11.6 Å². The van der Waals surface area contributed by atoms with E-state index in [2.05, 4.69) is 25.7 Å². The normalized spacial score (nSPS) is 12.9. The summed E-state index contributed by atoms with van der Waals surface area (Å²) in [4.78, 5) is 9.32. The Bertz CT molecular complexity index is 1060. The second-order valence-corrected chi connectivity index (χ2v) is 7.17. The lowest BCUT2D eigenvalue weighted by Crippen LogP contribution is -2.34. The SMILES string of the molecule is CNCCN(C)c1cc(F)c(-c2c(Cl)nc3ncnn3c2N[C@@H](C)C(F)(F)F)c(F)c1. The van der Waals surface area contributed by atoms with Crippen LogP contribution in [-0.4, -0.2) is 59.0 Å². The van der Waals surface area contributed by atoms with Crippen LogP contribution in [0.25, 0.3) is 16.9 Å². The number of hydrogen-bond donors (Lipinski definition) is 2. The van der Waals surface area contributed by atoms with Crippen LogP contribution in [-0.2, 0) is 0 Å². The number of likely N-dealkylation sites (N-methyl/N-ethyl adjacent to an activating group) is 2. The van der Waals surface area contributed by atoms with Gasteiger partial charge in [0, 0.05) is 25.8 Å². The number of anilines is 2. The van der Waals surface area contributed by atoms with Crippen molar-refractivity contribution in [1.82, 2.24) is 24.9 Å². The molecule has 1 aromatic carbocycles. The highest BCUT2D eigenvalue weighted by molar-refractivity contribution is 6.33. The molecule has 0 radical (unpaired) electrons. The van der Waals surface area contributed by atoms with Gasteiger partial charge in [-0.25, -0.2) is 8.78 Å². The largest absolute Gasteiger partial charge is 0.408 e. The second-order valence-electron chi connectivity index (χ2n) is 6.82. The minimum atomic E-state index is -4.64. The van der Waals surface area contributed by atoms with E-state index in [1.807, 2.05) is 0 Å². The Morgan fingerprint density at radius 3 is 2.42 bits per heavy atom. The number of halogens is 6. The Morgan fingerprint density at radius 2 is 1.84 bits per heavy atom. The van der Waals surface area contributed by atoms with E-state index in [9.17, 15) is 13.2 Å². The predicted molar refractivity (Wildman–Crippen MR) is 107 cm³/mol. The average molecular weight is 464 g/mol. The van der Waals surface area contributed by atoms with Gasteiger partial charge in [0.1, 0.15) is 35.0 Å². The van der Waals surface area contributed by atoms with E-state index in [4.69, 9.17) is 11.6 Å². The standard InChI is InChI=1S/C18H19ClF5N7/c1-9(18(22,23)24)28-16-14(15(19)29-17-26-8-27-31(16)17)13-11(20)6-10(7-12(13)21)30(3)5-4-25-2/h6-9,25,28H,4-5H2,1-3H3/t9-/m0/s1. The third-order valence-electron chi connectivity index (χ3n) is 4.64. The number of hydrogen-bond acceptors (Lipinski definition) is 6. The summed E-state index contributed by atoms with van der Waals surface area (Å²) in [6.07, 6.45) is -3.60. The van der Waals surface area contributed by atoms with E-state index >= 15 is 8.78 Å². The molecule has 7 nitrogen and oxygen atoms in total. The summed E-state index contributed by atoms with van der Waals surface area (Å²) in [5.74, 6) is -2.55. The van der Waals surface area contributed by atoms with E-state index in [-0.39, 0.29) is 17.3 Å². The summed E-state index contributed by atoms with van der Waals surface area (Å²) in [5, 5.41) is 8.51. The van der Waals surface area contributed by atoms with Gasteiger partial charge in [-0.2, -0.15) is 32.8 Å². The van der Waals surface area contributed by atoms with Crippen molar-refractivity contribution in [3.05, 3.63) is 35.2 Å². The molecule has 0 spiro atoms. The van der Waals surface area contributed by atoms with Crippen LogP contribution in [0, 0.1) is 11.6 Å². The fourth-order valence-electron chi connectivity index (χ4n) is 2.89. The van der Waals surface area contributed by atoms with Crippen molar-refractivity contribution in [3.63, 3.8) is 0 Å². The van der Waals surface area contributed by atoms with Crippen molar-refractivity contribution in [3.8, 4) is 11.1 Å². The Balaban J connectivity index is 2.18. The molecule has 13 heteroatoms. The van der Waals surface area contributed by atoms with E-state index in [1.165, 1.54) is 0 Å². The molecule has 31 heavy (non-hydrogen) atoms. The van der Waals surface area contributed by atoms with Crippen LogP contribution < -0.4 is 15.5 Å². The molecule has 0 fully saturated rings. The first-order valence-corrected chi connectivity index (χ1v) is 9.50. The monoisotopic (exact) mass is 463 g/mol. The molecule has 0 amide bonds. The van der Waals surface area contributed by atoms with Gasteiger partial charge in [0.05, 0.1) is 11.1 Å². The number of nitrogens with one attached hydrogen (secondary N) is 2. The van der Waals surface area contributed by atoms with E-state index in [0.29, 0.717) is 13.1 Å². The van der Waals surface area contributed by atoms with Crippen molar-refractivity contribution in [1.29, 1.82) is 0 Å². The van der Waals surface area contributed by atoms with E-state index in [0.717, 1.165) is 29.9 Å². The van der Waals surface area contributed by atoms with Crippen molar-refractivity contribution in [2.75, 3.05) is 37.4 Å². The number of rotatable bonds is 7. The molecular formula is C18H19ClF5N7. The van der Waals surface area contributed by atoms with Crippen molar-refractivity contribution < 1.29 is 22.0 Å². The molecule has 2 N–H and O–H groups in total. The van der Waals surface area contributed by atoms with Crippen molar-refractivity contribution in [2.45, 2.75) is 19.1 Å². The number of nitrogens with zero attached hydrogens (tertiary/aromatic N) is 5. The molecule has 3 rings (SSSR count). The molecule has 0 aliphatic rings. The lowest BCUT2D eigenvalue weighted by atomic mass is 10.0. The number of benzene rings is 1. The molecule has 0 aliphatic carbocycles. The van der Waals surface area contributed by atoms with Crippen LogP contribution in [0.5, 0.6) is 0 Å². The lowest BCUT2D eigenvalue weighted by molar-refractivity contribution is -0.138. The lowest BCUT2D eigenvalue weighted by Gasteiger charge is -2.23. The third kappa shape index (κ3) is 4.64. The maximum Gasteiger partial charge on any atom is 0.408 e. The van der Waals surface area contributed by atoms with Gasteiger partial charge in [-0.15, -0.1) is 0 Å². The van der Waals surface area contributed by atoms with Crippen LogP contribution in [0.3, 0.4) is 0 Å². The van der Waals surface area contributed by atoms with Crippen LogP contribution in [0.2, 0.25) is 5.15 Å². The fraction of sp³-hybridized carbons (Fsp3) is 0.389. The van der Waals surface area contributed by atoms with Gasteiger partial charge in [-0.3, -0.25) is 0 Å². The molecule has 0 saturated carbocycles. The number of aromatic nitrogens is 4. The van der Waals surface area contributed by atoms with Crippen molar-refractivity contribution >= 4 is 28.9 Å². The summed E-state index contributed by atoms with van der Waals surface area (Å²) in [7, 11) is 3.39. The summed E-state index contributed by atoms with van der Waals surface area (Å²) in [5.41, 5.74) is -0.772. The first-order chi connectivity index (χ1) is 14.5. The highest BCUT2D eigenvalue weighted by Crippen LogP contribution is 2.39. The van der Waals surface area contributed by atoms with E-state index in [1.54, 1.807) is 19.0 Å². The van der Waals surface area contributed by atoms with E-state index < -0.39 is 40.1 Å². The predicted octanol–water partition coefficient (Wildman–Crippen LogP) is 3.74. The molecule has 0 unspecified atom stereocenters. The van der Waals surface area contributed by atoms with Crippen LogP contribution in [0.15, 0.2) is 18.5 Å². The Morgan fingerprint density at radius 1 is 1.19 bits per heavy atom. The minimum Gasteiger partial charge on any atom is -0.373 e. The molecular weight excluding hydrogens is 445 g/mol. The molecule has 3 aromatic rings. The molecule has 0 aliphatic heterocycles. The fourth-order valence-corrected chi connectivity index (χ4v) is 3.15. The number of alkyl halides is 3. The Hall–Kier alpha value is -2.73. The summed E-state index contributed by atoms with van der Waals surface area (Å²) < 4.78 is 70.6. The van der Waals surface area contributed by atoms with Gasteiger partial charge in [0.15, 0.2) is 0 Å². The maximum atomic E-state index is 15.1. The first kappa shape index (κ1) is 22.9. The Kier molecular flexibility index (Phi) is 6.51. The van der Waals surface area contributed by atoms with Gasteiger partial charge in [0.25, 0.3) is 5.78 Å². The minimum absolute atomic E-state index is 0.130. The van der Waals surface area contributed by atoms with Gasteiger partial charge in [-0.05, 0) is 26.1 Å². The van der Waals surface area contributed by atoms with Gasteiger partial charge >= 0.3 is 6.18 Å². The average Bonchev–Trinajstić information content (AvgIpc) is 3.14. The zero-order valence-corrected chi connectivity index (χ0v) is 17.5. The van der Waals surface area contributed by atoms with Crippen LogP contribution in [0.1, 0.15) is 6.92 Å². The molecule has 1 atom stereocenters. The molecule has 2 heterocycles. The quantitative estimate of drug-likeness (QED) is 0.411. The number of fused-ring (bicyclic) bond motifs is 1. The first-order valence-electron chi connectivity index (χ1n) is 9.12.